The van der Waals surface area contributed by atoms with Crippen molar-refractivity contribution < 1.29 is 17.9 Å². The van der Waals surface area contributed by atoms with Crippen LogP contribution in [0.4, 0.5) is 4.79 Å². The number of carbonyl (C=O) groups excluding carboxylic acids is 1. The summed E-state index contributed by atoms with van der Waals surface area (Å²) in [5, 5.41) is 0. The molecule has 1 saturated carbocycles. The predicted octanol–water partition coefficient (Wildman–Crippen LogP) is 3.53. The van der Waals surface area contributed by atoms with Gasteiger partial charge >= 0.3 is 6.09 Å². The van der Waals surface area contributed by atoms with E-state index >= 15 is 0 Å². The fourth-order valence-electron chi connectivity index (χ4n) is 3.81. The van der Waals surface area contributed by atoms with Crippen molar-refractivity contribution in [2.24, 2.45) is 5.92 Å². The standard InChI is InChI=1S/C17H22ClNO4S/c18-24(21,22)13-15-6-8-17(9-7-15)10-11-19(17)16(20)23-12-14-4-2-1-3-5-14/h1-5,15H,6-13H2. The number of ether oxygens (including phenoxy) is 1. The van der Waals surface area contributed by atoms with Crippen molar-refractivity contribution in [2.45, 2.75) is 44.2 Å². The lowest BCUT2D eigenvalue weighted by Crippen LogP contribution is -2.63. The highest BCUT2D eigenvalue weighted by atomic mass is 35.7. The number of hydrogen-bond acceptors (Lipinski definition) is 4. The predicted molar refractivity (Wildman–Crippen MR) is 92.3 cm³/mol. The molecule has 132 valence electrons. The van der Waals surface area contributed by atoms with Crippen LogP contribution in [-0.4, -0.2) is 37.2 Å². The Morgan fingerprint density at radius 1 is 1.21 bits per heavy atom. The average Bonchev–Trinajstić information content (AvgIpc) is 2.52. The molecule has 0 N–H and O–H groups in total. The lowest BCUT2D eigenvalue weighted by atomic mass is 9.70. The first kappa shape index (κ1) is 17.5. The summed E-state index contributed by atoms with van der Waals surface area (Å²) in [4.78, 5) is 14.2. The van der Waals surface area contributed by atoms with E-state index < -0.39 is 9.05 Å². The summed E-state index contributed by atoms with van der Waals surface area (Å²) in [5.41, 5.74) is 0.830. The van der Waals surface area contributed by atoms with Crippen LogP contribution in [0.25, 0.3) is 0 Å². The number of carbonyl (C=O) groups is 1. The maximum absolute atomic E-state index is 12.4. The van der Waals surface area contributed by atoms with Gasteiger partial charge in [-0.1, -0.05) is 30.3 Å². The number of benzene rings is 1. The number of hydrogen-bond donors (Lipinski definition) is 0. The number of nitrogens with zero attached hydrogens (tertiary/aromatic N) is 1. The quantitative estimate of drug-likeness (QED) is 0.759. The van der Waals surface area contributed by atoms with Crippen LogP contribution < -0.4 is 0 Å². The topological polar surface area (TPSA) is 63.7 Å². The average molecular weight is 372 g/mol. The minimum absolute atomic E-state index is 0.0308. The van der Waals surface area contributed by atoms with Gasteiger partial charge in [-0.05, 0) is 43.6 Å². The Morgan fingerprint density at radius 2 is 1.88 bits per heavy atom. The van der Waals surface area contributed by atoms with Crippen LogP contribution in [-0.2, 0) is 20.4 Å². The highest BCUT2D eigenvalue weighted by Crippen LogP contribution is 2.45. The Morgan fingerprint density at radius 3 is 2.42 bits per heavy atom. The fraction of sp³-hybridized carbons (Fsp3) is 0.588. The van der Waals surface area contributed by atoms with Crippen molar-refractivity contribution >= 4 is 25.8 Å². The normalized spacial score (nSPS) is 26.9. The Labute approximate surface area is 147 Å². The van der Waals surface area contributed by atoms with E-state index in [1.165, 1.54) is 0 Å². The highest BCUT2D eigenvalue weighted by molar-refractivity contribution is 8.13. The number of amides is 1. The first-order chi connectivity index (χ1) is 11.4. The molecule has 2 aliphatic rings. The molecule has 0 radical (unpaired) electrons. The van der Waals surface area contributed by atoms with Gasteiger partial charge in [0.15, 0.2) is 0 Å². The van der Waals surface area contributed by atoms with Crippen LogP contribution in [0.15, 0.2) is 30.3 Å². The van der Waals surface area contributed by atoms with E-state index in [1.807, 2.05) is 35.2 Å². The third-order valence-corrected chi connectivity index (χ3v) is 6.52. The van der Waals surface area contributed by atoms with Gasteiger partial charge in [0.1, 0.15) is 6.61 Å². The van der Waals surface area contributed by atoms with Crippen molar-refractivity contribution in [3.63, 3.8) is 0 Å². The first-order valence-corrected chi connectivity index (χ1v) is 10.8. The summed E-state index contributed by atoms with van der Waals surface area (Å²) in [6, 6.07) is 9.62. The maximum Gasteiger partial charge on any atom is 0.410 e. The third kappa shape index (κ3) is 4.03. The summed E-state index contributed by atoms with van der Waals surface area (Å²) in [6.07, 6.45) is 3.92. The molecule has 1 spiro atoms. The third-order valence-electron chi connectivity index (χ3n) is 5.27. The zero-order chi connectivity index (χ0) is 17.2. The van der Waals surface area contributed by atoms with Crippen molar-refractivity contribution in [1.29, 1.82) is 0 Å². The van der Waals surface area contributed by atoms with Gasteiger partial charge < -0.3 is 9.64 Å². The molecule has 1 aromatic carbocycles. The summed E-state index contributed by atoms with van der Waals surface area (Å²) in [6.45, 7) is 0.992. The molecule has 24 heavy (non-hydrogen) atoms. The van der Waals surface area contributed by atoms with E-state index in [-0.39, 0.29) is 29.9 Å². The molecular formula is C17H22ClNO4S. The second kappa shape index (κ2) is 6.92. The fourth-order valence-corrected chi connectivity index (χ4v) is 5.24. The molecule has 1 saturated heterocycles. The molecule has 1 heterocycles. The van der Waals surface area contributed by atoms with Crippen LogP contribution in [0.1, 0.15) is 37.7 Å². The largest absolute Gasteiger partial charge is 0.445 e. The molecule has 0 atom stereocenters. The molecule has 5 nitrogen and oxygen atoms in total. The van der Waals surface area contributed by atoms with Crippen LogP contribution in [0.3, 0.4) is 0 Å². The summed E-state index contributed by atoms with van der Waals surface area (Å²) in [5.74, 6) is 0.129. The number of halogens is 1. The van der Waals surface area contributed by atoms with Crippen LogP contribution >= 0.6 is 10.7 Å². The van der Waals surface area contributed by atoms with Gasteiger partial charge in [0.25, 0.3) is 0 Å². The van der Waals surface area contributed by atoms with Gasteiger partial charge in [-0.25, -0.2) is 13.2 Å². The molecule has 0 bridgehead atoms. The van der Waals surface area contributed by atoms with Gasteiger partial charge in [-0.15, -0.1) is 0 Å². The van der Waals surface area contributed by atoms with Gasteiger partial charge in [0, 0.05) is 22.8 Å². The van der Waals surface area contributed by atoms with E-state index in [2.05, 4.69) is 0 Å². The molecule has 0 aromatic heterocycles. The molecule has 0 unspecified atom stereocenters. The zero-order valence-electron chi connectivity index (χ0n) is 13.5. The van der Waals surface area contributed by atoms with Gasteiger partial charge in [0.2, 0.25) is 9.05 Å². The van der Waals surface area contributed by atoms with Crippen LogP contribution in [0.5, 0.6) is 0 Å². The van der Waals surface area contributed by atoms with Crippen molar-refractivity contribution in [3.8, 4) is 0 Å². The van der Waals surface area contributed by atoms with Gasteiger partial charge in [0.05, 0.1) is 5.75 Å². The Hall–Kier alpha value is -1.27. The molecule has 7 heteroatoms. The van der Waals surface area contributed by atoms with Crippen molar-refractivity contribution in [3.05, 3.63) is 35.9 Å². The van der Waals surface area contributed by atoms with E-state index in [1.54, 1.807) is 0 Å². The summed E-state index contributed by atoms with van der Waals surface area (Å²) in [7, 11) is 1.90. The van der Waals surface area contributed by atoms with Gasteiger partial charge in [-0.3, -0.25) is 0 Å². The number of rotatable bonds is 4. The van der Waals surface area contributed by atoms with E-state index in [0.717, 1.165) is 37.7 Å². The second-order valence-electron chi connectivity index (χ2n) is 6.82. The first-order valence-electron chi connectivity index (χ1n) is 8.29. The lowest BCUT2D eigenvalue weighted by Gasteiger charge is -2.55. The second-order valence-corrected chi connectivity index (χ2v) is 9.64. The monoisotopic (exact) mass is 371 g/mol. The van der Waals surface area contributed by atoms with E-state index in [4.69, 9.17) is 15.4 Å². The lowest BCUT2D eigenvalue weighted by molar-refractivity contribution is -0.0439. The van der Waals surface area contributed by atoms with Crippen molar-refractivity contribution in [1.82, 2.24) is 4.90 Å². The molecule has 2 fully saturated rings. The highest BCUT2D eigenvalue weighted by Gasteiger charge is 2.50. The smallest absolute Gasteiger partial charge is 0.410 e. The number of likely N-dealkylation sites (tertiary alicyclic amines) is 1. The maximum atomic E-state index is 12.4. The molecular weight excluding hydrogens is 350 g/mol. The minimum atomic E-state index is -3.45. The molecule has 1 aliphatic heterocycles. The summed E-state index contributed by atoms with van der Waals surface area (Å²) >= 11 is 0. The van der Waals surface area contributed by atoms with Crippen LogP contribution in [0, 0.1) is 5.92 Å². The Balaban J connectivity index is 1.52. The minimum Gasteiger partial charge on any atom is -0.445 e. The molecule has 3 rings (SSSR count). The van der Waals surface area contributed by atoms with E-state index in [0.29, 0.717) is 6.54 Å². The Bertz CT molecular complexity index is 684. The van der Waals surface area contributed by atoms with E-state index in [9.17, 15) is 13.2 Å². The van der Waals surface area contributed by atoms with Gasteiger partial charge in [-0.2, -0.15) is 0 Å². The van der Waals surface area contributed by atoms with Crippen molar-refractivity contribution in [2.75, 3.05) is 12.3 Å². The molecule has 1 amide bonds. The molecule has 1 aromatic rings. The molecule has 1 aliphatic carbocycles. The van der Waals surface area contributed by atoms with Crippen LogP contribution in [0.2, 0.25) is 0 Å². The SMILES string of the molecule is O=C(OCc1ccccc1)N1CCC12CCC(CS(=O)(=O)Cl)CC2. The zero-order valence-corrected chi connectivity index (χ0v) is 15.1. The Kier molecular flexibility index (Phi) is 5.06. The summed E-state index contributed by atoms with van der Waals surface area (Å²) < 4.78 is 27.9.